The van der Waals surface area contributed by atoms with Crippen LogP contribution in [0.15, 0.2) is 29.2 Å². The Labute approximate surface area is 114 Å². The van der Waals surface area contributed by atoms with Gasteiger partial charge in [-0.25, -0.2) is 8.78 Å². The Hall–Kier alpha value is -1.34. The van der Waals surface area contributed by atoms with Crippen LogP contribution in [0.25, 0.3) is 0 Å². The quantitative estimate of drug-likeness (QED) is 0.747. The average molecular weight is 290 g/mol. The van der Waals surface area contributed by atoms with Crippen LogP contribution in [-0.2, 0) is 4.79 Å². The molecule has 0 aliphatic rings. The van der Waals surface area contributed by atoms with Gasteiger partial charge in [0.1, 0.15) is 5.75 Å². The van der Waals surface area contributed by atoms with Gasteiger partial charge in [-0.1, -0.05) is 6.07 Å². The molecule has 0 spiro atoms. The summed E-state index contributed by atoms with van der Waals surface area (Å²) in [6.45, 7) is -1.52. The maximum Gasteiger partial charge on any atom is 0.277 e. The van der Waals surface area contributed by atoms with E-state index in [1.807, 2.05) is 6.07 Å². The van der Waals surface area contributed by atoms with E-state index in [0.717, 1.165) is 4.90 Å². The number of hydrogen-bond acceptors (Lipinski definition) is 4. The van der Waals surface area contributed by atoms with Crippen LogP contribution in [0.1, 0.15) is 0 Å². The third kappa shape index (κ3) is 5.89. The molecule has 19 heavy (non-hydrogen) atoms. The molecule has 3 N–H and O–H groups in total. The van der Waals surface area contributed by atoms with Crippen LogP contribution in [0.4, 0.5) is 8.78 Å². The summed E-state index contributed by atoms with van der Waals surface area (Å²) >= 11 is 1.25. The summed E-state index contributed by atoms with van der Waals surface area (Å²) in [7, 11) is 1.55. The number of ether oxygens (including phenoxy) is 1. The Morgan fingerprint density at radius 2 is 2.26 bits per heavy atom. The van der Waals surface area contributed by atoms with Gasteiger partial charge in [0.05, 0.1) is 26.0 Å². The van der Waals surface area contributed by atoms with Gasteiger partial charge in [-0.3, -0.25) is 4.79 Å². The van der Waals surface area contributed by atoms with E-state index in [0.29, 0.717) is 5.75 Å². The second-order valence-corrected chi connectivity index (χ2v) is 4.85. The van der Waals surface area contributed by atoms with E-state index in [-0.39, 0.29) is 5.75 Å². The maximum absolute atomic E-state index is 12.8. The summed E-state index contributed by atoms with van der Waals surface area (Å²) < 4.78 is 30.7. The molecule has 0 aliphatic carbocycles. The van der Waals surface area contributed by atoms with Crippen molar-refractivity contribution in [2.75, 3.05) is 26.0 Å². The first-order valence-electron chi connectivity index (χ1n) is 5.58. The molecule has 1 aromatic rings. The molecule has 0 saturated carbocycles. The van der Waals surface area contributed by atoms with Crippen molar-refractivity contribution in [3.8, 4) is 5.75 Å². The monoisotopic (exact) mass is 290 g/mol. The fraction of sp³-hybridized carbons (Fsp3) is 0.417. The van der Waals surface area contributed by atoms with E-state index in [4.69, 9.17) is 10.5 Å². The second kappa shape index (κ2) is 7.30. The lowest BCUT2D eigenvalue weighted by Gasteiger charge is -2.14. The maximum atomic E-state index is 12.8. The number of amides is 1. The highest BCUT2D eigenvalue weighted by Gasteiger charge is 2.26. The highest BCUT2D eigenvalue weighted by Crippen LogP contribution is 2.22. The fourth-order valence-corrected chi connectivity index (χ4v) is 1.97. The van der Waals surface area contributed by atoms with E-state index in [1.165, 1.54) is 11.8 Å². The van der Waals surface area contributed by atoms with Gasteiger partial charge in [0, 0.05) is 4.90 Å². The molecule has 1 amide bonds. The number of thioether (sulfide) groups is 1. The first kappa shape index (κ1) is 15.7. The predicted molar refractivity (Wildman–Crippen MR) is 70.7 cm³/mol. The molecule has 0 atom stereocenters. The molecular weight excluding hydrogens is 274 g/mol. The molecule has 0 bridgehead atoms. The number of carbonyl (C=O) groups excluding carboxylic acids is 1. The largest absolute Gasteiger partial charge is 0.497 e. The standard InChI is InChI=1S/C12H16F2N2O2S/c1-18-9-3-2-4-10(5-9)19-6-11(17)16-8-12(13,14)7-15/h2-5H,6-8,15H2,1H3,(H,16,17). The number of hydrogen-bond donors (Lipinski definition) is 2. The summed E-state index contributed by atoms with van der Waals surface area (Å²) in [6.07, 6.45) is 0. The first-order valence-corrected chi connectivity index (χ1v) is 6.57. The summed E-state index contributed by atoms with van der Waals surface area (Å²) in [6, 6.07) is 7.16. The summed E-state index contributed by atoms with van der Waals surface area (Å²) in [5.41, 5.74) is 4.87. The number of carbonyl (C=O) groups is 1. The van der Waals surface area contributed by atoms with Gasteiger partial charge >= 0.3 is 0 Å². The van der Waals surface area contributed by atoms with E-state index in [2.05, 4.69) is 5.32 Å². The van der Waals surface area contributed by atoms with Crippen molar-refractivity contribution in [1.29, 1.82) is 0 Å². The lowest BCUT2D eigenvalue weighted by atomic mass is 10.3. The Bertz CT molecular complexity index is 430. The van der Waals surface area contributed by atoms with Crippen molar-refractivity contribution < 1.29 is 18.3 Å². The van der Waals surface area contributed by atoms with Crippen molar-refractivity contribution in [3.05, 3.63) is 24.3 Å². The molecule has 1 aromatic carbocycles. The SMILES string of the molecule is COc1cccc(SCC(=O)NCC(F)(F)CN)c1. The third-order valence-electron chi connectivity index (χ3n) is 2.25. The third-order valence-corrected chi connectivity index (χ3v) is 3.25. The molecule has 0 heterocycles. The van der Waals surface area contributed by atoms with Crippen molar-refractivity contribution >= 4 is 17.7 Å². The van der Waals surface area contributed by atoms with Gasteiger partial charge in [0.25, 0.3) is 5.92 Å². The summed E-state index contributed by atoms with van der Waals surface area (Å²) in [5, 5.41) is 2.15. The zero-order chi connectivity index (χ0) is 14.3. The Balaban J connectivity index is 2.37. The number of nitrogens with one attached hydrogen (secondary N) is 1. The predicted octanol–water partition coefficient (Wildman–Crippen LogP) is 1.50. The fourth-order valence-electron chi connectivity index (χ4n) is 1.19. The smallest absolute Gasteiger partial charge is 0.277 e. The van der Waals surface area contributed by atoms with Crippen LogP contribution < -0.4 is 15.8 Å². The van der Waals surface area contributed by atoms with Gasteiger partial charge in [-0.05, 0) is 18.2 Å². The van der Waals surface area contributed by atoms with Crippen molar-refractivity contribution in [2.45, 2.75) is 10.8 Å². The molecule has 7 heteroatoms. The van der Waals surface area contributed by atoms with Crippen LogP contribution in [0.5, 0.6) is 5.75 Å². The number of benzene rings is 1. The topological polar surface area (TPSA) is 64.3 Å². The van der Waals surface area contributed by atoms with Gasteiger partial charge in [-0.2, -0.15) is 0 Å². The minimum absolute atomic E-state index is 0.0633. The highest BCUT2D eigenvalue weighted by molar-refractivity contribution is 8.00. The average Bonchev–Trinajstić information content (AvgIpc) is 2.43. The lowest BCUT2D eigenvalue weighted by molar-refractivity contribution is -0.120. The van der Waals surface area contributed by atoms with Crippen LogP contribution in [0.3, 0.4) is 0 Å². The number of halogens is 2. The summed E-state index contributed by atoms with van der Waals surface area (Å²) in [4.78, 5) is 12.2. The molecule has 0 radical (unpaired) electrons. The zero-order valence-electron chi connectivity index (χ0n) is 10.5. The van der Waals surface area contributed by atoms with E-state index in [1.54, 1.807) is 25.3 Å². The number of alkyl halides is 2. The van der Waals surface area contributed by atoms with E-state index in [9.17, 15) is 13.6 Å². The molecule has 106 valence electrons. The molecule has 0 unspecified atom stereocenters. The lowest BCUT2D eigenvalue weighted by Crippen LogP contribution is -2.42. The molecule has 0 aliphatic heterocycles. The van der Waals surface area contributed by atoms with Crippen LogP contribution in [-0.4, -0.2) is 37.8 Å². The molecule has 0 aromatic heterocycles. The van der Waals surface area contributed by atoms with Gasteiger partial charge in [0.15, 0.2) is 0 Å². The molecular formula is C12H16F2N2O2S. The molecule has 4 nitrogen and oxygen atoms in total. The van der Waals surface area contributed by atoms with Crippen molar-refractivity contribution in [3.63, 3.8) is 0 Å². The molecule has 0 fully saturated rings. The van der Waals surface area contributed by atoms with E-state index >= 15 is 0 Å². The summed E-state index contributed by atoms with van der Waals surface area (Å²) in [5.74, 6) is -2.77. The minimum Gasteiger partial charge on any atom is -0.497 e. The Morgan fingerprint density at radius 1 is 1.53 bits per heavy atom. The van der Waals surface area contributed by atoms with Gasteiger partial charge < -0.3 is 15.8 Å². The van der Waals surface area contributed by atoms with E-state index < -0.39 is 24.9 Å². The molecule has 1 rings (SSSR count). The number of nitrogens with two attached hydrogens (primary N) is 1. The van der Waals surface area contributed by atoms with Crippen LogP contribution in [0.2, 0.25) is 0 Å². The minimum atomic E-state index is -3.06. The first-order chi connectivity index (χ1) is 8.96. The Kier molecular flexibility index (Phi) is 6.04. The van der Waals surface area contributed by atoms with Crippen LogP contribution >= 0.6 is 11.8 Å². The zero-order valence-corrected chi connectivity index (χ0v) is 11.3. The van der Waals surface area contributed by atoms with Crippen molar-refractivity contribution in [2.24, 2.45) is 5.73 Å². The highest BCUT2D eigenvalue weighted by atomic mass is 32.2. The molecule has 0 saturated heterocycles. The van der Waals surface area contributed by atoms with Crippen LogP contribution in [0, 0.1) is 0 Å². The number of rotatable bonds is 7. The Morgan fingerprint density at radius 3 is 2.89 bits per heavy atom. The second-order valence-electron chi connectivity index (χ2n) is 3.80. The van der Waals surface area contributed by atoms with Gasteiger partial charge in [0.2, 0.25) is 5.91 Å². The number of methoxy groups -OCH3 is 1. The normalized spacial score (nSPS) is 11.2. The van der Waals surface area contributed by atoms with Gasteiger partial charge in [-0.15, -0.1) is 11.8 Å². The van der Waals surface area contributed by atoms with Crippen molar-refractivity contribution in [1.82, 2.24) is 5.32 Å².